The van der Waals surface area contributed by atoms with Crippen LogP contribution >= 0.6 is 11.3 Å². The first-order valence-electron chi connectivity index (χ1n) is 8.47. The second kappa shape index (κ2) is 7.77. The van der Waals surface area contributed by atoms with E-state index in [-0.39, 0.29) is 17.7 Å². The van der Waals surface area contributed by atoms with E-state index >= 15 is 0 Å². The molecule has 1 aliphatic heterocycles. The molecule has 0 N–H and O–H groups in total. The number of carbonyl (C=O) groups is 2. The van der Waals surface area contributed by atoms with E-state index in [9.17, 15) is 9.59 Å². The third-order valence-electron chi connectivity index (χ3n) is 4.20. The number of piperazine rings is 1. The van der Waals surface area contributed by atoms with E-state index in [1.54, 1.807) is 16.2 Å². The van der Waals surface area contributed by atoms with E-state index < -0.39 is 0 Å². The Bertz CT molecular complexity index is 718. The number of amides is 2. The van der Waals surface area contributed by atoms with Gasteiger partial charge in [-0.15, -0.1) is 11.3 Å². The van der Waals surface area contributed by atoms with Crippen molar-refractivity contribution in [3.63, 3.8) is 0 Å². The second-order valence-corrected chi connectivity index (χ2v) is 7.30. The Morgan fingerprint density at radius 1 is 1.24 bits per heavy atom. The molecule has 2 aromatic heterocycles. The zero-order valence-electron chi connectivity index (χ0n) is 14.5. The van der Waals surface area contributed by atoms with Crippen LogP contribution in [-0.4, -0.2) is 57.9 Å². The largest absolute Gasteiger partial charge is 0.339 e. The van der Waals surface area contributed by atoms with Crippen LogP contribution in [0, 0.1) is 5.92 Å². The van der Waals surface area contributed by atoms with Crippen LogP contribution in [0.5, 0.6) is 0 Å². The second-order valence-electron chi connectivity index (χ2n) is 6.35. The van der Waals surface area contributed by atoms with Gasteiger partial charge < -0.3 is 14.3 Å². The van der Waals surface area contributed by atoms with Gasteiger partial charge in [0, 0.05) is 44.9 Å². The molecular formula is C17H22N4O3S. The van der Waals surface area contributed by atoms with Crippen LogP contribution < -0.4 is 0 Å². The van der Waals surface area contributed by atoms with E-state index in [0.29, 0.717) is 50.7 Å². The number of aryl methyl sites for hydroxylation is 1. The molecule has 2 amide bonds. The topological polar surface area (TPSA) is 79.5 Å². The minimum atomic E-state index is -0.00248. The molecule has 0 unspecified atom stereocenters. The van der Waals surface area contributed by atoms with Crippen molar-refractivity contribution >= 4 is 23.2 Å². The molecule has 3 rings (SSSR count). The van der Waals surface area contributed by atoms with Crippen LogP contribution in [0.3, 0.4) is 0 Å². The van der Waals surface area contributed by atoms with Gasteiger partial charge in [0.05, 0.1) is 4.88 Å². The average molecular weight is 362 g/mol. The number of nitrogens with zero attached hydrogens (tertiary/aromatic N) is 4. The van der Waals surface area contributed by atoms with Crippen molar-refractivity contribution in [3.05, 3.63) is 23.4 Å². The monoisotopic (exact) mass is 362 g/mol. The van der Waals surface area contributed by atoms with Crippen molar-refractivity contribution in [2.45, 2.75) is 26.7 Å². The zero-order chi connectivity index (χ0) is 17.8. The summed E-state index contributed by atoms with van der Waals surface area (Å²) in [6, 6.07) is 3.87. The number of carbonyl (C=O) groups excluding carboxylic acids is 2. The lowest BCUT2D eigenvalue weighted by molar-refractivity contribution is -0.141. The van der Waals surface area contributed by atoms with E-state index in [2.05, 4.69) is 10.1 Å². The predicted octanol–water partition coefficient (Wildman–Crippen LogP) is 2.06. The maximum atomic E-state index is 12.4. The van der Waals surface area contributed by atoms with E-state index in [1.165, 1.54) is 0 Å². The molecule has 7 nitrogen and oxygen atoms in total. The summed E-state index contributed by atoms with van der Waals surface area (Å²) in [5.74, 6) is 1.26. The summed E-state index contributed by atoms with van der Waals surface area (Å²) in [4.78, 5) is 33.3. The number of hydrogen-bond acceptors (Lipinski definition) is 6. The first-order chi connectivity index (χ1) is 12.0. The van der Waals surface area contributed by atoms with Gasteiger partial charge in [-0.05, 0) is 11.4 Å². The summed E-state index contributed by atoms with van der Waals surface area (Å²) in [5, 5.41) is 5.91. The third kappa shape index (κ3) is 4.25. The highest BCUT2D eigenvalue weighted by atomic mass is 32.1. The molecule has 3 heterocycles. The van der Waals surface area contributed by atoms with Crippen LogP contribution in [0.2, 0.25) is 0 Å². The van der Waals surface area contributed by atoms with Gasteiger partial charge in [-0.3, -0.25) is 9.59 Å². The fraction of sp³-hybridized carbons (Fsp3) is 0.529. The molecule has 1 fully saturated rings. The van der Waals surface area contributed by atoms with Gasteiger partial charge >= 0.3 is 0 Å². The Morgan fingerprint density at radius 2 is 1.96 bits per heavy atom. The van der Waals surface area contributed by atoms with Crippen molar-refractivity contribution in [2.75, 3.05) is 26.2 Å². The molecule has 8 heteroatoms. The van der Waals surface area contributed by atoms with Gasteiger partial charge in [0.2, 0.25) is 23.5 Å². The maximum absolute atomic E-state index is 12.4. The van der Waals surface area contributed by atoms with Gasteiger partial charge in [-0.2, -0.15) is 4.98 Å². The molecule has 0 radical (unpaired) electrons. The highest BCUT2D eigenvalue weighted by Crippen LogP contribution is 2.21. The molecule has 0 saturated carbocycles. The van der Waals surface area contributed by atoms with Crippen LogP contribution in [0.25, 0.3) is 10.7 Å². The molecule has 0 aliphatic carbocycles. The van der Waals surface area contributed by atoms with Crippen LogP contribution in [0.1, 0.15) is 26.2 Å². The quantitative estimate of drug-likeness (QED) is 0.813. The van der Waals surface area contributed by atoms with Gasteiger partial charge in [0.1, 0.15) is 0 Å². The lowest BCUT2D eigenvalue weighted by atomic mass is 10.1. The number of rotatable bonds is 5. The molecule has 0 bridgehead atoms. The summed E-state index contributed by atoms with van der Waals surface area (Å²) >= 11 is 1.55. The number of hydrogen-bond donors (Lipinski definition) is 0. The molecule has 1 aliphatic rings. The van der Waals surface area contributed by atoms with Gasteiger partial charge in [0.15, 0.2) is 0 Å². The number of aromatic nitrogens is 2. The van der Waals surface area contributed by atoms with E-state index in [4.69, 9.17) is 4.52 Å². The third-order valence-corrected chi connectivity index (χ3v) is 5.07. The molecule has 0 aromatic carbocycles. The summed E-state index contributed by atoms with van der Waals surface area (Å²) in [7, 11) is 0. The summed E-state index contributed by atoms with van der Waals surface area (Å²) < 4.78 is 5.22. The Labute approximate surface area is 150 Å². The number of thiophene rings is 1. The standard InChI is InChI=1S/C17H22N4O3S/c1-12(2)17(23)21-9-7-20(8-10-21)15(22)6-5-14-18-16(19-24-14)13-4-3-11-25-13/h3-4,11-12H,5-10H2,1-2H3. The Kier molecular flexibility index (Phi) is 5.47. The Hall–Kier alpha value is -2.22. The Balaban J connectivity index is 1.47. The van der Waals surface area contributed by atoms with Crippen molar-refractivity contribution in [3.8, 4) is 10.7 Å². The fourth-order valence-corrected chi connectivity index (χ4v) is 3.42. The van der Waals surface area contributed by atoms with Gasteiger partial charge in [-0.25, -0.2) is 0 Å². The van der Waals surface area contributed by atoms with Gasteiger partial charge in [0.25, 0.3) is 0 Å². The molecule has 0 atom stereocenters. The first kappa shape index (κ1) is 17.6. The minimum Gasteiger partial charge on any atom is -0.339 e. The molecule has 25 heavy (non-hydrogen) atoms. The smallest absolute Gasteiger partial charge is 0.227 e. The minimum absolute atomic E-state index is 0.00248. The van der Waals surface area contributed by atoms with E-state index in [0.717, 1.165) is 4.88 Å². The van der Waals surface area contributed by atoms with Crippen LogP contribution in [0.4, 0.5) is 0 Å². The average Bonchev–Trinajstić information content (AvgIpc) is 3.30. The van der Waals surface area contributed by atoms with E-state index in [1.807, 2.05) is 36.3 Å². The van der Waals surface area contributed by atoms with Crippen LogP contribution in [0.15, 0.2) is 22.0 Å². The summed E-state index contributed by atoms with van der Waals surface area (Å²) in [6.45, 7) is 6.17. The van der Waals surface area contributed by atoms with Crippen molar-refractivity contribution < 1.29 is 14.1 Å². The first-order valence-corrected chi connectivity index (χ1v) is 9.35. The molecule has 134 valence electrons. The fourth-order valence-electron chi connectivity index (χ4n) is 2.78. The van der Waals surface area contributed by atoms with Crippen molar-refractivity contribution in [1.82, 2.24) is 19.9 Å². The molecule has 2 aromatic rings. The molecule has 1 saturated heterocycles. The normalized spacial score (nSPS) is 15.0. The SMILES string of the molecule is CC(C)C(=O)N1CCN(C(=O)CCc2nc(-c3cccs3)no2)CC1. The lowest BCUT2D eigenvalue weighted by Gasteiger charge is -2.35. The highest BCUT2D eigenvalue weighted by molar-refractivity contribution is 7.13. The highest BCUT2D eigenvalue weighted by Gasteiger charge is 2.25. The Morgan fingerprint density at radius 3 is 2.60 bits per heavy atom. The van der Waals surface area contributed by atoms with Crippen molar-refractivity contribution in [2.24, 2.45) is 5.92 Å². The lowest BCUT2D eigenvalue weighted by Crippen LogP contribution is -2.51. The molecular weight excluding hydrogens is 340 g/mol. The maximum Gasteiger partial charge on any atom is 0.227 e. The van der Waals surface area contributed by atoms with Gasteiger partial charge in [-0.1, -0.05) is 25.1 Å². The van der Waals surface area contributed by atoms with Crippen LogP contribution in [-0.2, 0) is 16.0 Å². The summed E-state index contributed by atoms with van der Waals surface area (Å²) in [6.07, 6.45) is 0.770. The predicted molar refractivity (Wildman–Crippen MR) is 93.9 cm³/mol. The molecule has 0 spiro atoms. The zero-order valence-corrected chi connectivity index (χ0v) is 15.3. The van der Waals surface area contributed by atoms with Crippen molar-refractivity contribution in [1.29, 1.82) is 0 Å². The summed E-state index contributed by atoms with van der Waals surface area (Å²) in [5.41, 5.74) is 0.